The van der Waals surface area contributed by atoms with Crippen molar-refractivity contribution in [2.24, 2.45) is 0 Å². The van der Waals surface area contributed by atoms with Crippen molar-refractivity contribution in [2.45, 2.75) is 18.6 Å². The summed E-state index contributed by atoms with van der Waals surface area (Å²) in [5.41, 5.74) is 3.90. The summed E-state index contributed by atoms with van der Waals surface area (Å²) < 4.78 is 19.7. The van der Waals surface area contributed by atoms with E-state index in [0.29, 0.717) is 53.9 Å². The zero-order valence-corrected chi connectivity index (χ0v) is 26.1. The van der Waals surface area contributed by atoms with Crippen LogP contribution in [0.15, 0.2) is 97.1 Å². The van der Waals surface area contributed by atoms with Gasteiger partial charge in [0.15, 0.2) is 0 Å². The van der Waals surface area contributed by atoms with Gasteiger partial charge in [0.1, 0.15) is 11.9 Å². The van der Waals surface area contributed by atoms with E-state index >= 15 is 0 Å². The summed E-state index contributed by atoms with van der Waals surface area (Å²) >= 11 is 12.3. The molecule has 4 aromatic carbocycles. The summed E-state index contributed by atoms with van der Waals surface area (Å²) in [5.74, 6) is -0.656. The number of carbonyl (C=O) groups excluding carboxylic acids is 2. The summed E-state index contributed by atoms with van der Waals surface area (Å²) in [4.78, 5) is 33.1. The van der Waals surface area contributed by atoms with Gasteiger partial charge in [0.05, 0.1) is 11.6 Å². The molecule has 0 spiro atoms. The number of halogens is 3. The number of anilines is 2. The Hall–Kier alpha value is -4.11. The van der Waals surface area contributed by atoms with E-state index in [9.17, 15) is 14.0 Å². The quantitative estimate of drug-likeness (QED) is 0.220. The van der Waals surface area contributed by atoms with E-state index in [1.165, 1.54) is 12.1 Å². The van der Waals surface area contributed by atoms with E-state index in [1.807, 2.05) is 48.5 Å². The minimum Gasteiger partial charge on any atom is -0.457 e. The van der Waals surface area contributed by atoms with E-state index in [1.54, 1.807) is 41.3 Å². The van der Waals surface area contributed by atoms with Crippen LogP contribution in [0.25, 0.3) is 11.1 Å². The lowest BCUT2D eigenvalue weighted by molar-refractivity contribution is -0.0290. The van der Waals surface area contributed by atoms with Gasteiger partial charge < -0.3 is 19.9 Å². The molecule has 0 aromatic heterocycles. The van der Waals surface area contributed by atoms with Crippen molar-refractivity contribution >= 4 is 46.6 Å². The minimum absolute atomic E-state index is 0.218. The van der Waals surface area contributed by atoms with Crippen LogP contribution in [0.3, 0.4) is 0 Å². The van der Waals surface area contributed by atoms with Crippen LogP contribution < -0.4 is 10.2 Å². The van der Waals surface area contributed by atoms with Crippen LogP contribution in [0.5, 0.6) is 0 Å². The number of nitrogens with one attached hydrogen (secondary N) is 1. The second-order valence-electron chi connectivity index (χ2n) is 11.3. The number of ether oxygens (including phenoxy) is 1. The monoisotopic (exact) mass is 646 g/mol. The van der Waals surface area contributed by atoms with Gasteiger partial charge in [0.2, 0.25) is 0 Å². The highest BCUT2D eigenvalue weighted by Gasteiger charge is 2.39. The number of benzene rings is 4. The highest BCUT2D eigenvalue weighted by Crippen LogP contribution is 2.27. The number of carbonyl (C=O) groups is 2. The molecule has 2 saturated heterocycles. The standard InChI is InChI=1S/C35H33Cl2FN4O3/c36-27-20-28(37)22-30(21-27)39-35(44)42-14-13-33(45-34(43)26-8-4-7-25(19-26)24-5-2-1-3-6-24)32(23-42)41-17-15-40(16-18-41)31-11-9-29(38)10-12-31/h1-12,19-22,32-33H,13-18,23H2,(H,39,44)/t32-,33-/m1/s1. The average Bonchev–Trinajstić information content (AvgIpc) is 3.05. The van der Waals surface area contributed by atoms with Crippen LogP contribution in [-0.4, -0.2) is 73.2 Å². The van der Waals surface area contributed by atoms with Crippen molar-refractivity contribution in [1.29, 1.82) is 0 Å². The van der Waals surface area contributed by atoms with Crippen LogP contribution in [0, 0.1) is 5.82 Å². The summed E-state index contributed by atoms with van der Waals surface area (Å²) in [5, 5.41) is 3.76. The van der Waals surface area contributed by atoms with Crippen LogP contribution in [-0.2, 0) is 4.74 Å². The molecule has 2 aliphatic heterocycles. The van der Waals surface area contributed by atoms with Crippen LogP contribution in [0.2, 0.25) is 10.0 Å². The highest BCUT2D eigenvalue weighted by atomic mass is 35.5. The lowest BCUT2D eigenvalue weighted by Crippen LogP contribution is -2.61. The maximum Gasteiger partial charge on any atom is 0.338 e. The number of urea groups is 1. The Morgan fingerprint density at radius 3 is 2.18 bits per heavy atom. The number of piperidine rings is 1. The largest absolute Gasteiger partial charge is 0.457 e. The fraction of sp³-hybridized carbons (Fsp3) is 0.257. The number of rotatable bonds is 6. The van der Waals surface area contributed by atoms with Crippen LogP contribution in [0.1, 0.15) is 16.8 Å². The van der Waals surface area contributed by atoms with Crippen LogP contribution >= 0.6 is 23.2 Å². The first kappa shape index (κ1) is 30.9. The maximum absolute atomic E-state index is 13.5. The zero-order chi connectivity index (χ0) is 31.3. The Morgan fingerprint density at radius 2 is 1.47 bits per heavy atom. The SMILES string of the molecule is O=C(O[C@@H]1CCN(C(=O)Nc2cc(Cl)cc(Cl)c2)C[C@H]1N1CCN(c2ccc(F)cc2)CC1)c1cccc(-c2ccccc2)c1. The van der Waals surface area contributed by atoms with Gasteiger partial charge in [-0.15, -0.1) is 0 Å². The summed E-state index contributed by atoms with van der Waals surface area (Å²) in [7, 11) is 0. The van der Waals surface area contributed by atoms with Gasteiger partial charge in [-0.1, -0.05) is 65.7 Å². The van der Waals surface area contributed by atoms with Gasteiger partial charge in [-0.3, -0.25) is 4.90 Å². The lowest BCUT2D eigenvalue weighted by Gasteiger charge is -2.46. The van der Waals surface area contributed by atoms with Crippen molar-refractivity contribution in [3.8, 4) is 11.1 Å². The van der Waals surface area contributed by atoms with E-state index in [2.05, 4.69) is 15.1 Å². The molecule has 7 nitrogen and oxygen atoms in total. The molecule has 45 heavy (non-hydrogen) atoms. The molecule has 2 heterocycles. The summed E-state index contributed by atoms with van der Waals surface area (Å²) in [6.45, 7) is 3.61. The fourth-order valence-corrected chi connectivity index (χ4v) is 6.56. The highest BCUT2D eigenvalue weighted by molar-refractivity contribution is 6.35. The number of nitrogens with zero attached hydrogens (tertiary/aromatic N) is 3. The first-order valence-electron chi connectivity index (χ1n) is 15.0. The Morgan fingerprint density at radius 1 is 0.778 bits per heavy atom. The number of hydrogen-bond donors (Lipinski definition) is 1. The van der Waals surface area contributed by atoms with E-state index in [0.717, 1.165) is 29.9 Å². The Balaban J connectivity index is 1.18. The van der Waals surface area contributed by atoms with Crippen molar-refractivity contribution in [2.75, 3.05) is 49.5 Å². The molecule has 2 fully saturated rings. The molecule has 2 amide bonds. The molecular formula is C35H33Cl2FN4O3. The third-order valence-electron chi connectivity index (χ3n) is 8.36. The topological polar surface area (TPSA) is 65.1 Å². The Kier molecular flexibility index (Phi) is 9.54. The third-order valence-corrected chi connectivity index (χ3v) is 8.80. The van der Waals surface area contributed by atoms with Crippen molar-refractivity contribution in [1.82, 2.24) is 9.80 Å². The van der Waals surface area contributed by atoms with Gasteiger partial charge >= 0.3 is 12.0 Å². The summed E-state index contributed by atoms with van der Waals surface area (Å²) in [6, 6.07) is 28.3. The first-order valence-corrected chi connectivity index (χ1v) is 15.7. The zero-order valence-electron chi connectivity index (χ0n) is 24.5. The molecule has 10 heteroatoms. The van der Waals surface area contributed by atoms with Gasteiger partial charge in [0, 0.05) is 67.1 Å². The smallest absolute Gasteiger partial charge is 0.338 e. The summed E-state index contributed by atoms with van der Waals surface area (Å²) in [6.07, 6.45) is 0.0661. The van der Waals surface area contributed by atoms with E-state index in [-0.39, 0.29) is 23.9 Å². The average molecular weight is 648 g/mol. The molecule has 0 aliphatic carbocycles. The maximum atomic E-state index is 13.5. The van der Waals surface area contributed by atoms with Gasteiger partial charge in [0.25, 0.3) is 0 Å². The molecule has 2 atom stereocenters. The van der Waals surface area contributed by atoms with Gasteiger partial charge in [-0.05, 0) is 65.7 Å². The predicted octanol–water partition coefficient (Wildman–Crippen LogP) is 7.45. The van der Waals surface area contributed by atoms with Crippen molar-refractivity contribution in [3.05, 3.63) is 118 Å². The molecule has 232 valence electrons. The molecule has 0 saturated carbocycles. The molecule has 0 unspecified atom stereocenters. The number of hydrogen-bond acceptors (Lipinski definition) is 5. The van der Waals surface area contributed by atoms with Gasteiger partial charge in [-0.25, -0.2) is 14.0 Å². The molecule has 2 aliphatic rings. The molecule has 6 rings (SSSR count). The second kappa shape index (κ2) is 13.9. The fourth-order valence-electron chi connectivity index (χ4n) is 6.04. The van der Waals surface area contributed by atoms with Gasteiger partial charge in [-0.2, -0.15) is 0 Å². The van der Waals surface area contributed by atoms with E-state index in [4.69, 9.17) is 27.9 Å². The number of esters is 1. The number of likely N-dealkylation sites (tertiary alicyclic amines) is 1. The second-order valence-corrected chi connectivity index (χ2v) is 12.2. The predicted molar refractivity (Wildman–Crippen MR) is 177 cm³/mol. The lowest BCUT2D eigenvalue weighted by atomic mass is 9.99. The van der Waals surface area contributed by atoms with E-state index < -0.39 is 6.10 Å². The first-order chi connectivity index (χ1) is 21.8. The van der Waals surface area contributed by atoms with Crippen molar-refractivity contribution < 1.29 is 18.7 Å². The molecule has 0 bridgehead atoms. The normalized spacial score (nSPS) is 18.8. The number of piperazine rings is 1. The minimum atomic E-state index is -0.417. The van der Waals surface area contributed by atoms with Crippen LogP contribution in [0.4, 0.5) is 20.6 Å². The molecule has 1 N–H and O–H groups in total. The molecular weight excluding hydrogens is 614 g/mol. The molecule has 0 radical (unpaired) electrons. The van der Waals surface area contributed by atoms with Crippen molar-refractivity contribution in [3.63, 3.8) is 0 Å². The molecule has 4 aromatic rings. The Bertz CT molecular complexity index is 1630. The Labute approximate surface area is 272 Å². The number of amides is 2. The third kappa shape index (κ3) is 7.59.